The van der Waals surface area contributed by atoms with E-state index in [9.17, 15) is 18.0 Å². The van der Waals surface area contributed by atoms with Crippen molar-refractivity contribution < 1.29 is 18.0 Å². The summed E-state index contributed by atoms with van der Waals surface area (Å²) in [7, 11) is 0. The fourth-order valence-corrected chi connectivity index (χ4v) is 3.60. The molecule has 162 valence electrons. The molecule has 0 aromatic carbocycles. The van der Waals surface area contributed by atoms with Crippen LogP contribution in [0.4, 0.5) is 13.2 Å². The third-order valence-corrected chi connectivity index (χ3v) is 5.35. The Morgan fingerprint density at radius 2 is 2.23 bits per heavy atom. The highest BCUT2D eigenvalue weighted by Crippen LogP contribution is 2.30. The van der Waals surface area contributed by atoms with Crippen molar-refractivity contribution in [2.45, 2.75) is 19.0 Å². The summed E-state index contributed by atoms with van der Waals surface area (Å²) in [5.41, 5.74) is 1.18. The Morgan fingerprint density at radius 1 is 1.42 bits per heavy atom. The lowest BCUT2D eigenvalue weighted by Crippen LogP contribution is -2.25. The topological polar surface area (TPSA) is 96.2 Å². The summed E-state index contributed by atoms with van der Waals surface area (Å²) in [6, 6.07) is 6.81. The van der Waals surface area contributed by atoms with E-state index in [4.69, 9.17) is 5.84 Å². The molecule has 1 atom stereocenters. The first-order valence-electron chi connectivity index (χ1n) is 9.26. The Labute approximate surface area is 181 Å². The van der Waals surface area contributed by atoms with Crippen LogP contribution < -0.4 is 11.2 Å². The average molecular weight is 447 g/mol. The van der Waals surface area contributed by atoms with Gasteiger partial charge in [-0.3, -0.25) is 9.78 Å². The second-order valence-corrected chi connectivity index (χ2v) is 7.88. The van der Waals surface area contributed by atoms with Crippen LogP contribution in [-0.2, 0) is 6.42 Å². The average Bonchev–Trinajstić information content (AvgIpc) is 3.22. The van der Waals surface area contributed by atoms with Gasteiger partial charge >= 0.3 is 0 Å². The van der Waals surface area contributed by atoms with Crippen LogP contribution in [0.2, 0.25) is 0 Å². The molecule has 0 saturated heterocycles. The number of aromatic nitrogens is 2. The molecule has 3 rings (SSSR count). The van der Waals surface area contributed by atoms with Crippen molar-refractivity contribution in [1.29, 1.82) is 0 Å². The molecule has 0 saturated carbocycles. The first-order chi connectivity index (χ1) is 14.9. The van der Waals surface area contributed by atoms with Crippen LogP contribution in [-0.4, -0.2) is 33.6 Å². The van der Waals surface area contributed by atoms with Gasteiger partial charge in [0.15, 0.2) is 0 Å². The molecule has 6 nitrogen and oxygen atoms in total. The normalized spacial score (nSPS) is 16.8. The third kappa shape index (κ3) is 5.88. The van der Waals surface area contributed by atoms with Gasteiger partial charge in [0.25, 0.3) is 5.91 Å². The van der Waals surface area contributed by atoms with E-state index in [2.05, 4.69) is 27.0 Å². The molecule has 0 spiro atoms. The molecule has 1 unspecified atom stereocenters. The number of aromatic amines is 1. The van der Waals surface area contributed by atoms with Crippen molar-refractivity contribution in [3.8, 4) is 0 Å². The smallest absolute Gasteiger partial charge is 0.267 e. The number of hydrogen-bond donors (Lipinski definition) is 3. The summed E-state index contributed by atoms with van der Waals surface area (Å²) >= 11 is 1.18. The number of nitrogens with one attached hydrogen (secondary N) is 2. The molecule has 2 aromatic heterocycles. The lowest BCUT2D eigenvalue weighted by atomic mass is 9.96. The van der Waals surface area contributed by atoms with Gasteiger partial charge in [-0.05, 0) is 23.8 Å². The third-order valence-electron chi connectivity index (χ3n) is 4.41. The van der Waals surface area contributed by atoms with Crippen LogP contribution in [0.1, 0.15) is 28.2 Å². The number of carbonyl (C=O) groups excluding carboxylic acids is 1. The first kappa shape index (κ1) is 22.4. The molecule has 1 amide bonds. The quantitative estimate of drug-likeness (QED) is 0.258. The molecule has 2 heterocycles. The van der Waals surface area contributed by atoms with Gasteiger partial charge in [-0.1, -0.05) is 24.4 Å². The summed E-state index contributed by atoms with van der Waals surface area (Å²) in [5.74, 6) is 3.26. The molecule has 4 N–H and O–H groups in total. The number of carbonyl (C=O) groups is 1. The van der Waals surface area contributed by atoms with Crippen molar-refractivity contribution in [1.82, 2.24) is 15.3 Å². The Bertz CT molecular complexity index is 1060. The molecule has 1 aliphatic rings. The number of halogens is 3. The summed E-state index contributed by atoms with van der Waals surface area (Å²) in [6.45, 7) is 4.03. The van der Waals surface area contributed by atoms with Crippen LogP contribution in [0.15, 0.2) is 76.5 Å². The van der Waals surface area contributed by atoms with Crippen LogP contribution in [0.3, 0.4) is 0 Å². The van der Waals surface area contributed by atoms with Gasteiger partial charge < -0.3 is 16.1 Å². The maximum atomic E-state index is 14.0. The number of thioether (sulfide) groups is 1. The zero-order chi connectivity index (χ0) is 22.4. The number of rotatable bonds is 7. The monoisotopic (exact) mass is 447 g/mol. The van der Waals surface area contributed by atoms with Crippen molar-refractivity contribution in [3.05, 3.63) is 88.4 Å². The number of H-pyrrole nitrogens is 1. The van der Waals surface area contributed by atoms with Crippen LogP contribution in [0.5, 0.6) is 0 Å². The van der Waals surface area contributed by atoms with E-state index in [0.717, 1.165) is 0 Å². The summed E-state index contributed by atoms with van der Waals surface area (Å²) in [5, 5.41) is 6.85. The molecule has 0 radical (unpaired) electrons. The van der Waals surface area contributed by atoms with Crippen LogP contribution >= 0.6 is 11.8 Å². The highest BCUT2D eigenvalue weighted by atomic mass is 32.2. The second kappa shape index (κ2) is 10.2. The SMILES string of the molecule is C=C(CNC(=O)c1cc(CC2=C(F)C=C(F)CC2F)c[nH]1)SC(=NN)c1ccccn1. The van der Waals surface area contributed by atoms with Gasteiger partial charge in [-0.15, -0.1) is 0 Å². The van der Waals surface area contributed by atoms with Gasteiger partial charge in [0, 0.05) is 48.3 Å². The number of nitrogens with two attached hydrogens (primary N) is 1. The zero-order valence-corrected chi connectivity index (χ0v) is 17.2. The lowest BCUT2D eigenvalue weighted by Gasteiger charge is -2.16. The van der Waals surface area contributed by atoms with E-state index >= 15 is 0 Å². The minimum Gasteiger partial charge on any atom is -0.357 e. The second-order valence-electron chi connectivity index (χ2n) is 6.71. The fourth-order valence-electron chi connectivity index (χ4n) is 2.90. The Balaban J connectivity index is 1.55. The Morgan fingerprint density at radius 3 is 2.90 bits per heavy atom. The Kier molecular flexibility index (Phi) is 7.35. The van der Waals surface area contributed by atoms with E-state index in [1.165, 1.54) is 24.0 Å². The largest absolute Gasteiger partial charge is 0.357 e. The maximum Gasteiger partial charge on any atom is 0.267 e. The highest BCUT2D eigenvalue weighted by Gasteiger charge is 2.25. The fraction of sp³-hybridized carbons (Fsp3) is 0.190. The number of hydrogen-bond acceptors (Lipinski definition) is 5. The maximum absolute atomic E-state index is 14.0. The van der Waals surface area contributed by atoms with Crippen LogP contribution in [0.25, 0.3) is 0 Å². The lowest BCUT2D eigenvalue weighted by molar-refractivity contribution is 0.0953. The highest BCUT2D eigenvalue weighted by molar-refractivity contribution is 8.17. The molecule has 0 aliphatic heterocycles. The van der Waals surface area contributed by atoms with Gasteiger partial charge in [0.2, 0.25) is 0 Å². The number of alkyl halides is 1. The van der Waals surface area contributed by atoms with E-state index < -0.39 is 30.2 Å². The van der Waals surface area contributed by atoms with Crippen molar-refractivity contribution in [3.63, 3.8) is 0 Å². The predicted molar refractivity (Wildman–Crippen MR) is 115 cm³/mol. The molecule has 0 bridgehead atoms. The van der Waals surface area contributed by atoms with Crippen molar-refractivity contribution >= 4 is 22.7 Å². The van der Waals surface area contributed by atoms with Gasteiger partial charge in [0.05, 0.1) is 5.69 Å². The van der Waals surface area contributed by atoms with Gasteiger partial charge in [-0.2, -0.15) is 5.10 Å². The summed E-state index contributed by atoms with van der Waals surface area (Å²) in [4.78, 5) is 19.9. The summed E-state index contributed by atoms with van der Waals surface area (Å²) < 4.78 is 40.9. The number of allylic oxidation sites excluding steroid dienone is 4. The minimum atomic E-state index is -1.73. The molecule has 10 heteroatoms. The van der Waals surface area contributed by atoms with Gasteiger partial charge in [-0.25, -0.2) is 13.2 Å². The van der Waals surface area contributed by atoms with E-state index in [1.807, 2.05) is 0 Å². The van der Waals surface area contributed by atoms with Crippen molar-refractivity contribution in [2.24, 2.45) is 10.9 Å². The number of nitrogens with zero attached hydrogens (tertiary/aromatic N) is 2. The van der Waals surface area contributed by atoms with Crippen molar-refractivity contribution in [2.75, 3.05) is 6.54 Å². The van der Waals surface area contributed by atoms with E-state index in [1.54, 1.807) is 24.4 Å². The summed E-state index contributed by atoms with van der Waals surface area (Å²) in [6.07, 6.45) is 1.52. The molecule has 0 fully saturated rings. The standard InChI is InChI=1S/C21H20F3N5OS/c1-12(31-21(29-25)18-4-2-3-5-26-18)10-28-20(30)19-7-13(11-27-19)6-15-16(23)8-14(22)9-17(15)24/h2-5,7-8,11,17,27H,1,6,9-10,25H2,(H,28,30). The number of hydrazone groups is 1. The molecule has 1 aliphatic carbocycles. The number of pyridine rings is 1. The Hall–Kier alpha value is -3.27. The molecule has 31 heavy (non-hydrogen) atoms. The zero-order valence-electron chi connectivity index (χ0n) is 16.4. The molecule has 2 aromatic rings. The molecular weight excluding hydrogens is 427 g/mol. The van der Waals surface area contributed by atoms with E-state index in [0.29, 0.717) is 27.3 Å². The first-order valence-corrected chi connectivity index (χ1v) is 10.1. The van der Waals surface area contributed by atoms with Gasteiger partial charge in [0.1, 0.15) is 28.6 Å². The van der Waals surface area contributed by atoms with E-state index in [-0.39, 0.29) is 24.2 Å². The number of amides is 1. The minimum absolute atomic E-state index is 0.0660. The molecular formula is C21H20F3N5OS. The van der Waals surface area contributed by atoms with Crippen LogP contribution in [0, 0.1) is 0 Å². The predicted octanol–water partition coefficient (Wildman–Crippen LogP) is 4.07.